The summed E-state index contributed by atoms with van der Waals surface area (Å²) in [6.07, 6.45) is 1.64. The van der Waals surface area contributed by atoms with E-state index >= 15 is 0 Å². The summed E-state index contributed by atoms with van der Waals surface area (Å²) in [6, 6.07) is 0.485. The molecule has 3 nitrogen and oxygen atoms in total. The third-order valence-electron chi connectivity index (χ3n) is 3.52. The second-order valence-corrected chi connectivity index (χ2v) is 6.14. The number of carbonyl (C=O) groups is 1. The summed E-state index contributed by atoms with van der Waals surface area (Å²) in [5.41, 5.74) is 0.262. The van der Waals surface area contributed by atoms with Crippen LogP contribution < -0.4 is 10.6 Å². The van der Waals surface area contributed by atoms with E-state index in [-0.39, 0.29) is 23.7 Å². The maximum Gasteiger partial charge on any atom is 0.220 e. The van der Waals surface area contributed by atoms with Crippen molar-refractivity contribution in [1.29, 1.82) is 0 Å². The monoisotopic (exact) mass is 246 g/mol. The molecule has 4 heteroatoms. The first-order valence-electron chi connectivity index (χ1n) is 5.97. The molecule has 0 spiro atoms. The van der Waals surface area contributed by atoms with Crippen LogP contribution in [0.4, 0.5) is 0 Å². The minimum Gasteiger partial charge on any atom is -0.353 e. The smallest absolute Gasteiger partial charge is 0.220 e. The molecule has 2 rings (SSSR count). The lowest BCUT2D eigenvalue weighted by Crippen LogP contribution is -2.32. The highest BCUT2D eigenvalue weighted by atomic mass is 35.5. The molecule has 1 saturated carbocycles. The highest BCUT2D eigenvalue weighted by molar-refractivity contribution is 5.85. The van der Waals surface area contributed by atoms with Crippen LogP contribution in [0.25, 0.3) is 0 Å². The van der Waals surface area contributed by atoms with Gasteiger partial charge in [-0.1, -0.05) is 20.8 Å². The van der Waals surface area contributed by atoms with Crippen LogP contribution in [-0.4, -0.2) is 25.0 Å². The van der Waals surface area contributed by atoms with Crippen LogP contribution in [0.1, 0.15) is 33.6 Å². The zero-order valence-corrected chi connectivity index (χ0v) is 11.2. The van der Waals surface area contributed by atoms with Crippen molar-refractivity contribution in [2.75, 3.05) is 13.1 Å². The normalized spacial score (nSPS) is 31.6. The maximum absolute atomic E-state index is 11.6. The first-order chi connectivity index (χ1) is 6.97. The van der Waals surface area contributed by atoms with Crippen LogP contribution in [-0.2, 0) is 4.79 Å². The minimum atomic E-state index is 0. The second-order valence-electron chi connectivity index (χ2n) is 6.14. The molecule has 0 radical (unpaired) electrons. The van der Waals surface area contributed by atoms with Crippen LogP contribution in [0.2, 0.25) is 0 Å². The van der Waals surface area contributed by atoms with Gasteiger partial charge >= 0.3 is 0 Å². The maximum atomic E-state index is 11.6. The van der Waals surface area contributed by atoms with Crippen molar-refractivity contribution in [2.24, 2.45) is 17.3 Å². The fraction of sp³-hybridized carbons (Fsp3) is 0.917. The Bertz CT molecular complexity index is 252. The zero-order chi connectivity index (χ0) is 11.1. The van der Waals surface area contributed by atoms with Gasteiger partial charge in [0, 0.05) is 25.6 Å². The number of halogens is 1. The molecule has 2 N–H and O–H groups in total. The van der Waals surface area contributed by atoms with E-state index in [1.807, 2.05) is 0 Å². The van der Waals surface area contributed by atoms with Gasteiger partial charge in [-0.15, -0.1) is 12.4 Å². The molecule has 2 atom stereocenters. The van der Waals surface area contributed by atoms with Crippen LogP contribution in [0.5, 0.6) is 0 Å². The summed E-state index contributed by atoms with van der Waals surface area (Å²) >= 11 is 0. The van der Waals surface area contributed by atoms with E-state index in [0.29, 0.717) is 12.5 Å². The Morgan fingerprint density at radius 3 is 2.38 bits per heavy atom. The van der Waals surface area contributed by atoms with Crippen LogP contribution in [0, 0.1) is 17.3 Å². The molecule has 16 heavy (non-hydrogen) atoms. The van der Waals surface area contributed by atoms with Crippen molar-refractivity contribution < 1.29 is 4.79 Å². The number of piperidine rings is 1. The van der Waals surface area contributed by atoms with Crippen molar-refractivity contribution in [1.82, 2.24) is 10.6 Å². The van der Waals surface area contributed by atoms with Gasteiger partial charge < -0.3 is 10.6 Å². The lowest BCUT2D eigenvalue weighted by Gasteiger charge is -2.17. The molecule has 1 heterocycles. The van der Waals surface area contributed by atoms with E-state index in [0.717, 1.165) is 31.3 Å². The van der Waals surface area contributed by atoms with Crippen molar-refractivity contribution in [2.45, 2.75) is 39.7 Å². The third-order valence-corrected chi connectivity index (χ3v) is 3.52. The fourth-order valence-corrected chi connectivity index (χ4v) is 2.38. The van der Waals surface area contributed by atoms with Crippen LogP contribution in [0.15, 0.2) is 0 Å². The summed E-state index contributed by atoms with van der Waals surface area (Å²) in [5, 5.41) is 6.48. The first kappa shape index (κ1) is 13.8. The average molecular weight is 247 g/mol. The van der Waals surface area contributed by atoms with Crippen molar-refractivity contribution in [3.63, 3.8) is 0 Å². The number of nitrogens with one attached hydrogen (secondary N) is 2. The zero-order valence-electron chi connectivity index (χ0n) is 10.4. The Balaban J connectivity index is 0.00000128. The molecule has 1 amide bonds. The van der Waals surface area contributed by atoms with Crippen molar-refractivity contribution >= 4 is 18.3 Å². The van der Waals surface area contributed by atoms with Crippen molar-refractivity contribution in [3.8, 4) is 0 Å². The number of amides is 1. The standard InChI is InChI=1S/C12H22N2O.ClH/c1-12(2,3)5-4-10(15)14-11-8-6-13-7-9(8)11;/h8-9,11,13H,4-7H2,1-3H3,(H,14,15);1H. The number of rotatable bonds is 3. The molecule has 2 fully saturated rings. The SMILES string of the molecule is CC(C)(C)CCC(=O)NC1C2CNCC21.Cl. The molecular weight excluding hydrogens is 224 g/mol. The van der Waals surface area contributed by atoms with Gasteiger partial charge in [0.2, 0.25) is 5.91 Å². The number of carbonyl (C=O) groups excluding carboxylic acids is 1. The summed E-state index contributed by atoms with van der Waals surface area (Å²) in [6.45, 7) is 8.71. The molecular formula is C12H23ClN2O. The molecule has 1 aliphatic carbocycles. The third kappa shape index (κ3) is 3.36. The predicted octanol–water partition coefficient (Wildman–Crippen LogP) is 1.57. The molecule has 1 aliphatic heterocycles. The Morgan fingerprint density at radius 2 is 1.88 bits per heavy atom. The Morgan fingerprint density at radius 1 is 1.31 bits per heavy atom. The summed E-state index contributed by atoms with van der Waals surface area (Å²) in [7, 11) is 0. The lowest BCUT2D eigenvalue weighted by molar-refractivity contribution is -0.121. The molecule has 0 aromatic heterocycles. The lowest BCUT2D eigenvalue weighted by atomic mass is 9.90. The molecule has 2 unspecified atom stereocenters. The number of fused-ring (bicyclic) bond motifs is 1. The average Bonchev–Trinajstić information content (AvgIpc) is 2.62. The van der Waals surface area contributed by atoms with Gasteiger partial charge in [0.25, 0.3) is 0 Å². The van der Waals surface area contributed by atoms with Gasteiger partial charge in [-0.25, -0.2) is 0 Å². The van der Waals surface area contributed by atoms with E-state index in [1.54, 1.807) is 0 Å². The van der Waals surface area contributed by atoms with E-state index in [1.165, 1.54) is 0 Å². The quantitative estimate of drug-likeness (QED) is 0.794. The molecule has 2 aliphatic rings. The molecule has 0 bridgehead atoms. The molecule has 0 aromatic carbocycles. The number of hydrogen-bond acceptors (Lipinski definition) is 2. The Labute approximate surface area is 104 Å². The van der Waals surface area contributed by atoms with Gasteiger partial charge in [0.1, 0.15) is 0 Å². The Kier molecular flexibility index (Phi) is 4.24. The first-order valence-corrected chi connectivity index (χ1v) is 5.97. The molecule has 94 valence electrons. The summed E-state index contributed by atoms with van der Waals surface area (Å²) < 4.78 is 0. The van der Waals surface area contributed by atoms with Gasteiger partial charge in [0.05, 0.1) is 0 Å². The topological polar surface area (TPSA) is 41.1 Å². The minimum absolute atomic E-state index is 0. The fourth-order valence-electron chi connectivity index (χ4n) is 2.38. The van der Waals surface area contributed by atoms with E-state index in [9.17, 15) is 4.79 Å². The highest BCUT2D eigenvalue weighted by Gasteiger charge is 2.53. The summed E-state index contributed by atoms with van der Waals surface area (Å²) in [5.74, 6) is 1.69. The van der Waals surface area contributed by atoms with Gasteiger partial charge in [-0.05, 0) is 23.7 Å². The van der Waals surface area contributed by atoms with Crippen LogP contribution >= 0.6 is 12.4 Å². The van der Waals surface area contributed by atoms with Crippen LogP contribution in [0.3, 0.4) is 0 Å². The van der Waals surface area contributed by atoms with Gasteiger partial charge in [0.15, 0.2) is 0 Å². The van der Waals surface area contributed by atoms with E-state index < -0.39 is 0 Å². The highest BCUT2D eigenvalue weighted by Crippen LogP contribution is 2.41. The molecule has 0 aromatic rings. The summed E-state index contributed by atoms with van der Waals surface area (Å²) in [4.78, 5) is 11.6. The molecule has 1 saturated heterocycles. The number of hydrogen-bond donors (Lipinski definition) is 2. The van der Waals surface area contributed by atoms with E-state index in [2.05, 4.69) is 31.4 Å². The van der Waals surface area contributed by atoms with Gasteiger partial charge in [-0.2, -0.15) is 0 Å². The second kappa shape index (κ2) is 4.92. The van der Waals surface area contributed by atoms with Crippen molar-refractivity contribution in [3.05, 3.63) is 0 Å². The van der Waals surface area contributed by atoms with Gasteiger partial charge in [-0.3, -0.25) is 4.79 Å². The van der Waals surface area contributed by atoms with E-state index in [4.69, 9.17) is 0 Å². The predicted molar refractivity (Wildman–Crippen MR) is 67.7 cm³/mol. The Hall–Kier alpha value is -0.280. The largest absolute Gasteiger partial charge is 0.353 e.